The molecule has 1 rings (SSSR count). The Balaban J connectivity index is 2.92. The van der Waals surface area contributed by atoms with Crippen molar-refractivity contribution in [2.75, 3.05) is 26.2 Å². The second-order valence-electron chi connectivity index (χ2n) is 3.09. The first-order valence-corrected chi connectivity index (χ1v) is 6.01. The van der Waals surface area contributed by atoms with E-state index in [2.05, 4.69) is 0 Å². The molecule has 0 aliphatic rings. The van der Waals surface area contributed by atoms with Crippen LogP contribution in [0.5, 0.6) is 11.5 Å². The largest absolute Gasteiger partial charge is 0.493 e. The van der Waals surface area contributed by atoms with Crippen molar-refractivity contribution in [1.82, 2.24) is 0 Å². The van der Waals surface area contributed by atoms with Crippen LogP contribution in [0.25, 0.3) is 0 Å². The second kappa shape index (κ2) is 5.88. The van der Waals surface area contributed by atoms with Crippen molar-refractivity contribution < 1.29 is 14.6 Å². The summed E-state index contributed by atoms with van der Waals surface area (Å²) in [6, 6.07) is 5.46. The van der Waals surface area contributed by atoms with Crippen LogP contribution in [0.1, 0.15) is 11.7 Å². The van der Waals surface area contributed by atoms with Crippen LogP contribution in [0.4, 0.5) is 0 Å². The zero-order valence-corrected chi connectivity index (χ0v) is 10.0. The van der Waals surface area contributed by atoms with Gasteiger partial charge in [0.05, 0.1) is 20.3 Å². The van der Waals surface area contributed by atoms with Gasteiger partial charge in [0, 0.05) is 5.75 Å². The number of aliphatic hydroxyl groups is 1. The van der Waals surface area contributed by atoms with Gasteiger partial charge in [0.15, 0.2) is 11.5 Å². The van der Waals surface area contributed by atoms with Crippen LogP contribution >= 0.6 is 11.8 Å². The fraction of sp³-hybridized carbons (Fsp3) is 0.455. The van der Waals surface area contributed by atoms with Crippen LogP contribution in [0.15, 0.2) is 18.2 Å². The van der Waals surface area contributed by atoms with E-state index >= 15 is 0 Å². The van der Waals surface area contributed by atoms with Gasteiger partial charge in [-0.1, -0.05) is 6.07 Å². The molecule has 1 N–H and O–H groups in total. The Morgan fingerprint density at radius 3 is 2.47 bits per heavy atom. The first-order chi connectivity index (χ1) is 7.22. The molecule has 1 atom stereocenters. The van der Waals surface area contributed by atoms with E-state index in [4.69, 9.17) is 9.47 Å². The molecular weight excluding hydrogens is 212 g/mol. The zero-order chi connectivity index (χ0) is 11.3. The third-order valence-electron chi connectivity index (χ3n) is 2.12. The maximum atomic E-state index is 9.79. The van der Waals surface area contributed by atoms with Gasteiger partial charge in [-0.15, -0.1) is 0 Å². The number of thioether (sulfide) groups is 1. The highest BCUT2D eigenvalue weighted by Crippen LogP contribution is 2.30. The molecule has 0 amide bonds. The number of aliphatic hydroxyl groups excluding tert-OH is 1. The van der Waals surface area contributed by atoms with Crippen molar-refractivity contribution in [2.45, 2.75) is 6.10 Å². The van der Waals surface area contributed by atoms with Gasteiger partial charge in [0.1, 0.15) is 0 Å². The van der Waals surface area contributed by atoms with E-state index in [0.717, 1.165) is 5.56 Å². The van der Waals surface area contributed by atoms with E-state index in [9.17, 15) is 5.11 Å². The number of methoxy groups -OCH3 is 2. The highest BCUT2D eigenvalue weighted by Gasteiger charge is 2.10. The molecule has 0 saturated heterocycles. The number of rotatable bonds is 5. The Morgan fingerprint density at radius 1 is 1.27 bits per heavy atom. The predicted octanol–water partition coefficient (Wildman–Crippen LogP) is 2.10. The first-order valence-electron chi connectivity index (χ1n) is 4.61. The molecule has 0 aliphatic carbocycles. The molecular formula is C11H16O3S. The van der Waals surface area contributed by atoms with Crippen LogP contribution in [0, 0.1) is 0 Å². The van der Waals surface area contributed by atoms with Gasteiger partial charge >= 0.3 is 0 Å². The average molecular weight is 228 g/mol. The molecule has 0 bridgehead atoms. The molecule has 0 heterocycles. The molecule has 1 aromatic rings. The molecule has 15 heavy (non-hydrogen) atoms. The lowest BCUT2D eigenvalue weighted by Crippen LogP contribution is -2.01. The van der Waals surface area contributed by atoms with E-state index < -0.39 is 6.10 Å². The minimum atomic E-state index is -0.459. The van der Waals surface area contributed by atoms with Gasteiger partial charge in [0.25, 0.3) is 0 Å². The van der Waals surface area contributed by atoms with Gasteiger partial charge < -0.3 is 14.6 Å². The van der Waals surface area contributed by atoms with E-state index in [1.165, 1.54) is 0 Å². The second-order valence-corrected chi connectivity index (χ2v) is 4.00. The summed E-state index contributed by atoms with van der Waals surface area (Å²) in [5.74, 6) is 2.00. The van der Waals surface area contributed by atoms with Crippen LogP contribution in [0.3, 0.4) is 0 Å². The Labute approximate surface area is 94.4 Å². The molecule has 4 heteroatoms. The van der Waals surface area contributed by atoms with E-state index in [-0.39, 0.29) is 0 Å². The maximum Gasteiger partial charge on any atom is 0.161 e. The standard InChI is InChI=1S/C11H16O3S/c1-13-10-5-4-8(6-11(10)14-2)9(12)7-15-3/h4-6,9,12H,7H2,1-3H3. The molecule has 1 unspecified atom stereocenters. The topological polar surface area (TPSA) is 38.7 Å². The minimum Gasteiger partial charge on any atom is -0.493 e. The van der Waals surface area contributed by atoms with Crippen LogP contribution in [-0.2, 0) is 0 Å². The summed E-state index contributed by atoms with van der Waals surface area (Å²) in [5, 5.41) is 9.79. The highest BCUT2D eigenvalue weighted by atomic mass is 32.2. The first kappa shape index (κ1) is 12.2. The van der Waals surface area contributed by atoms with Crippen molar-refractivity contribution >= 4 is 11.8 Å². The van der Waals surface area contributed by atoms with Crippen molar-refractivity contribution in [3.05, 3.63) is 23.8 Å². The summed E-state index contributed by atoms with van der Waals surface area (Å²) < 4.78 is 10.3. The summed E-state index contributed by atoms with van der Waals surface area (Å²) in [4.78, 5) is 0. The maximum absolute atomic E-state index is 9.79. The van der Waals surface area contributed by atoms with Crippen LogP contribution in [-0.4, -0.2) is 31.3 Å². The lowest BCUT2D eigenvalue weighted by atomic mass is 10.1. The summed E-state index contributed by atoms with van der Waals surface area (Å²) >= 11 is 1.61. The Hall–Kier alpha value is -0.870. The van der Waals surface area contributed by atoms with Crippen molar-refractivity contribution in [2.24, 2.45) is 0 Å². The molecule has 3 nitrogen and oxygen atoms in total. The molecule has 84 valence electrons. The fourth-order valence-corrected chi connectivity index (χ4v) is 1.82. The van der Waals surface area contributed by atoms with Crippen molar-refractivity contribution in [3.63, 3.8) is 0 Å². The third kappa shape index (κ3) is 3.04. The lowest BCUT2D eigenvalue weighted by molar-refractivity contribution is 0.203. The SMILES string of the molecule is COc1ccc(C(O)CSC)cc1OC. The normalized spacial score (nSPS) is 12.3. The monoisotopic (exact) mass is 228 g/mol. The highest BCUT2D eigenvalue weighted by molar-refractivity contribution is 7.98. The fourth-order valence-electron chi connectivity index (χ4n) is 1.31. The van der Waals surface area contributed by atoms with E-state index in [1.54, 1.807) is 38.1 Å². The molecule has 0 radical (unpaired) electrons. The van der Waals surface area contributed by atoms with E-state index in [1.807, 2.05) is 12.3 Å². The molecule has 0 saturated carbocycles. The summed E-state index contributed by atoms with van der Waals surface area (Å²) in [6.45, 7) is 0. The van der Waals surface area contributed by atoms with Crippen LogP contribution in [0.2, 0.25) is 0 Å². The number of hydrogen-bond acceptors (Lipinski definition) is 4. The molecule has 0 spiro atoms. The quantitative estimate of drug-likeness (QED) is 0.837. The average Bonchev–Trinajstić information content (AvgIpc) is 2.28. The molecule has 1 aromatic carbocycles. The van der Waals surface area contributed by atoms with Gasteiger partial charge in [-0.05, 0) is 24.0 Å². The number of hydrogen-bond donors (Lipinski definition) is 1. The Bertz CT molecular complexity index is 315. The third-order valence-corrected chi connectivity index (χ3v) is 2.77. The molecule has 0 aromatic heterocycles. The Morgan fingerprint density at radius 2 is 1.93 bits per heavy atom. The lowest BCUT2D eigenvalue weighted by Gasteiger charge is -2.13. The summed E-state index contributed by atoms with van der Waals surface area (Å²) in [5.41, 5.74) is 0.849. The van der Waals surface area contributed by atoms with E-state index in [0.29, 0.717) is 17.3 Å². The molecule has 0 fully saturated rings. The van der Waals surface area contributed by atoms with Crippen molar-refractivity contribution in [3.8, 4) is 11.5 Å². The zero-order valence-electron chi connectivity index (χ0n) is 9.19. The number of ether oxygens (including phenoxy) is 2. The Kier molecular flexibility index (Phi) is 4.78. The summed E-state index contributed by atoms with van der Waals surface area (Å²) in [7, 11) is 3.18. The van der Waals surface area contributed by atoms with Gasteiger partial charge in [0.2, 0.25) is 0 Å². The van der Waals surface area contributed by atoms with Gasteiger partial charge in [-0.3, -0.25) is 0 Å². The van der Waals surface area contributed by atoms with Crippen molar-refractivity contribution in [1.29, 1.82) is 0 Å². The number of benzene rings is 1. The van der Waals surface area contributed by atoms with Crippen LogP contribution < -0.4 is 9.47 Å². The summed E-state index contributed by atoms with van der Waals surface area (Å²) in [6.07, 6.45) is 1.50. The smallest absolute Gasteiger partial charge is 0.161 e. The van der Waals surface area contributed by atoms with Gasteiger partial charge in [-0.2, -0.15) is 11.8 Å². The van der Waals surface area contributed by atoms with Gasteiger partial charge in [-0.25, -0.2) is 0 Å². The predicted molar refractivity (Wildman–Crippen MR) is 62.9 cm³/mol. The molecule has 0 aliphatic heterocycles. The minimum absolute atomic E-state index is 0.459.